The molecule has 1 atom stereocenters. The summed E-state index contributed by atoms with van der Waals surface area (Å²) >= 11 is 12.0. The molecule has 6 heteroatoms. The fourth-order valence-corrected chi connectivity index (χ4v) is 3.26. The lowest BCUT2D eigenvalue weighted by Gasteiger charge is -2.16. The van der Waals surface area contributed by atoms with Gasteiger partial charge in [0.15, 0.2) is 0 Å². The van der Waals surface area contributed by atoms with E-state index in [9.17, 15) is 4.79 Å². The molecule has 0 saturated carbocycles. The number of ether oxygens (including phenoxy) is 2. The van der Waals surface area contributed by atoms with E-state index in [4.69, 9.17) is 32.7 Å². The van der Waals surface area contributed by atoms with Gasteiger partial charge in [-0.1, -0.05) is 35.3 Å². The highest BCUT2D eigenvalue weighted by atomic mass is 35.5. The number of nitrogens with one attached hydrogen (secondary N) is 1. The van der Waals surface area contributed by atoms with Crippen LogP contribution in [-0.2, 0) is 6.61 Å². The first-order chi connectivity index (χ1) is 14.4. The quantitative estimate of drug-likeness (QED) is 0.460. The van der Waals surface area contributed by atoms with Gasteiger partial charge in [0.05, 0.1) is 13.2 Å². The van der Waals surface area contributed by atoms with E-state index in [0.717, 1.165) is 16.7 Å². The molecule has 0 aromatic heterocycles. The van der Waals surface area contributed by atoms with Crippen LogP contribution in [0.5, 0.6) is 11.5 Å². The largest absolute Gasteiger partial charge is 0.496 e. The maximum absolute atomic E-state index is 12.8. The lowest BCUT2D eigenvalue weighted by atomic mass is 10.1. The molecule has 0 aliphatic heterocycles. The number of carbonyl (C=O) groups is 1. The fourth-order valence-electron chi connectivity index (χ4n) is 3.02. The first kappa shape index (κ1) is 22.0. The number of aryl methyl sites for hydroxylation is 1. The molecule has 4 nitrogen and oxygen atoms in total. The Balaban J connectivity index is 1.73. The summed E-state index contributed by atoms with van der Waals surface area (Å²) < 4.78 is 11.3. The van der Waals surface area contributed by atoms with Crippen molar-refractivity contribution in [1.29, 1.82) is 0 Å². The second-order valence-corrected chi connectivity index (χ2v) is 7.82. The van der Waals surface area contributed by atoms with Crippen molar-refractivity contribution in [2.45, 2.75) is 26.5 Å². The molecule has 0 radical (unpaired) electrons. The molecule has 3 rings (SSSR count). The minimum atomic E-state index is -0.177. The molecule has 3 aromatic rings. The van der Waals surface area contributed by atoms with Crippen LogP contribution in [0.3, 0.4) is 0 Å². The van der Waals surface area contributed by atoms with Crippen molar-refractivity contribution in [3.63, 3.8) is 0 Å². The molecule has 0 aliphatic rings. The third-order valence-corrected chi connectivity index (χ3v) is 5.46. The van der Waals surface area contributed by atoms with Crippen LogP contribution in [0.15, 0.2) is 60.7 Å². The molecule has 0 heterocycles. The van der Waals surface area contributed by atoms with Crippen molar-refractivity contribution >= 4 is 29.1 Å². The molecule has 3 aromatic carbocycles. The Kier molecular flexibility index (Phi) is 7.24. The number of hydrogen-bond acceptors (Lipinski definition) is 3. The van der Waals surface area contributed by atoms with Gasteiger partial charge in [-0.3, -0.25) is 4.79 Å². The molecule has 0 aliphatic carbocycles. The van der Waals surface area contributed by atoms with E-state index < -0.39 is 0 Å². The predicted octanol–water partition coefficient (Wildman–Crippen LogP) is 6.38. The van der Waals surface area contributed by atoms with Crippen molar-refractivity contribution in [3.05, 3.63) is 93.0 Å². The average molecular weight is 444 g/mol. The number of methoxy groups -OCH3 is 1. The molecular weight excluding hydrogens is 421 g/mol. The Bertz CT molecular complexity index is 1040. The average Bonchev–Trinajstić information content (AvgIpc) is 2.74. The van der Waals surface area contributed by atoms with E-state index in [2.05, 4.69) is 5.32 Å². The standard InChI is InChI=1S/C24H23Cl2NO3/c1-15-12-21(9-10-22(15)26)30-14-19-13-18(6-11-23(19)29-3)24(28)27-16(2)17-4-7-20(25)8-5-17/h4-13,16H,14H2,1-3H3,(H,27,28)/t16-/m0/s1. The van der Waals surface area contributed by atoms with Crippen LogP contribution < -0.4 is 14.8 Å². The van der Waals surface area contributed by atoms with Crippen molar-refractivity contribution in [2.24, 2.45) is 0 Å². The van der Waals surface area contributed by atoms with Crippen LogP contribution in [-0.4, -0.2) is 13.0 Å². The molecule has 0 fully saturated rings. The number of amides is 1. The zero-order valence-corrected chi connectivity index (χ0v) is 18.6. The van der Waals surface area contributed by atoms with Gasteiger partial charge in [0, 0.05) is 21.2 Å². The van der Waals surface area contributed by atoms with Crippen LogP contribution in [0, 0.1) is 6.92 Å². The van der Waals surface area contributed by atoms with Crippen LogP contribution >= 0.6 is 23.2 Å². The molecule has 1 N–H and O–H groups in total. The molecule has 156 valence electrons. The smallest absolute Gasteiger partial charge is 0.251 e. The zero-order chi connectivity index (χ0) is 21.7. The summed E-state index contributed by atoms with van der Waals surface area (Å²) in [6.07, 6.45) is 0. The van der Waals surface area contributed by atoms with Gasteiger partial charge in [0.2, 0.25) is 0 Å². The number of benzene rings is 3. The third-order valence-electron chi connectivity index (χ3n) is 4.78. The van der Waals surface area contributed by atoms with Crippen LogP contribution in [0.2, 0.25) is 10.0 Å². The minimum Gasteiger partial charge on any atom is -0.496 e. The van der Waals surface area contributed by atoms with Crippen molar-refractivity contribution in [1.82, 2.24) is 5.32 Å². The molecule has 0 unspecified atom stereocenters. The van der Waals surface area contributed by atoms with E-state index in [1.54, 1.807) is 43.5 Å². The number of carbonyl (C=O) groups excluding carboxylic acids is 1. The first-order valence-corrected chi connectivity index (χ1v) is 10.2. The Morgan fingerprint density at radius 3 is 2.43 bits per heavy atom. The normalized spacial score (nSPS) is 11.6. The van der Waals surface area contributed by atoms with Gasteiger partial charge in [-0.2, -0.15) is 0 Å². The van der Waals surface area contributed by atoms with Gasteiger partial charge in [-0.25, -0.2) is 0 Å². The van der Waals surface area contributed by atoms with Gasteiger partial charge in [0.25, 0.3) is 5.91 Å². The van der Waals surface area contributed by atoms with Crippen molar-refractivity contribution < 1.29 is 14.3 Å². The second kappa shape index (κ2) is 9.88. The van der Waals surface area contributed by atoms with Crippen LogP contribution in [0.25, 0.3) is 0 Å². The zero-order valence-electron chi connectivity index (χ0n) is 17.0. The summed E-state index contributed by atoms with van der Waals surface area (Å²) in [7, 11) is 1.59. The van der Waals surface area contributed by atoms with Crippen molar-refractivity contribution in [3.8, 4) is 11.5 Å². The highest BCUT2D eigenvalue weighted by molar-refractivity contribution is 6.31. The van der Waals surface area contributed by atoms with Gasteiger partial charge >= 0.3 is 0 Å². The number of hydrogen-bond donors (Lipinski definition) is 1. The van der Waals surface area contributed by atoms with Gasteiger partial charge in [-0.05, 0) is 73.5 Å². The molecule has 1 amide bonds. The fraction of sp³-hybridized carbons (Fsp3) is 0.208. The Labute approximate surface area is 186 Å². The molecule has 0 bridgehead atoms. The first-order valence-electron chi connectivity index (χ1n) is 9.49. The topological polar surface area (TPSA) is 47.6 Å². The lowest BCUT2D eigenvalue weighted by Crippen LogP contribution is -2.26. The molecule has 0 saturated heterocycles. The molecule has 30 heavy (non-hydrogen) atoms. The minimum absolute atomic E-state index is 0.159. The van der Waals surface area contributed by atoms with Crippen LogP contribution in [0.1, 0.15) is 40.0 Å². The van der Waals surface area contributed by atoms with E-state index in [0.29, 0.717) is 27.1 Å². The maximum atomic E-state index is 12.8. The summed E-state index contributed by atoms with van der Waals surface area (Å²) in [4.78, 5) is 12.8. The monoisotopic (exact) mass is 443 g/mol. The maximum Gasteiger partial charge on any atom is 0.251 e. The highest BCUT2D eigenvalue weighted by Gasteiger charge is 2.14. The van der Waals surface area contributed by atoms with E-state index in [1.165, 1.54) is 0 Å². The van der Waals surface area contributed by atoms with E-state index in [1.807, 2.05) is 38.1 Å². The summed E-state index contributed by atoms with van der Waals surface area (Å²) in [6, 6.07) is 18.0. The predicted molar refractivity (Wildman–Crippen MR) is 121 cm³/mol. The Morgan fingerprint density at radius 1 is 1.03 bits per heavy atom. The second-order valence-electron chi connectivity index (χ2n) is 6.97. The summed E-state index contributed by atoms with van der Waals surface area (Å²) in [5.41, 5.74) is 3.22. The Hall–Kier alpha value is -2.69. The molecule has 0 spiro atoms. The van der Waals surface area contributed by atoms with E-state index >= 15 is 0 Å². The SMILES string of the molecule is COc1ccc(C(=O)N[C@@H](C)c2ccc(Cl)cc2)cc1COc1ccc(Cl)c(C)c1. The summed E-state index contributed by atoms with van der Waals surface area (Å²) in [5, 5.41) is 4.35. The number of halogens is 2. The van der Waals surface area contributed by atoms with Crippen LogP contribution in [0.4, 0.5) is 0 Å². The summed E-state index contributed by atoms with van der Waals surface area (Å²) in [5.74, 6) is 1.18. The lowest BCUT2D eigenvalue weighted by molar-refractivity contribution is 0.0939. The Morgan fingerprint density at radius 2 is 1.77 bits per heavy atom. The third kappa shape index (κ3) is 5.47. The number of rotatable bonds is 7. The molecular formula is C24H23Cl2NO3. The summed E-state index contributed by atoms with van der Waals surface area (Å²) in [6.45, 7) is 4.11. The van der Waals surface area contributed by atoms with Crippen molar-refractivity contribution in [2.75, 3.05) is 7.11 Å². The van der Waals surface area contributed by atoms with Gasteiger partial charge in [0.1, 0.15) is 18.1 Å². The van der Waals surface area contributed by atoms with E-state index in [-0.39, 0.29) is 18.6 Å². The van der Waals surface area contributed by atoms with Gasteiger partial charge in [-0.15, -0.1) is 0 Å². The van der Waals surface area contributed by atoms with Gasteiger partial charge < -0.3 is 14.8 Å². The highest BCUT2D eigenvalue weighted by Crippen LogP contribution is 2.25.